The molecule has 150 valence electrons. The minimum absolute atomic E-state index is 0.201. The SMILES string of the molecule is Oc1cccc(C(c2ccccc2)(c2ccccc2)[C@H]2CCC[C@@H](O)[C@H]2O)c1O. The van der Waals surface area contributed by atoms with Gasteiger partial charge in [0.2, 0.25) is 0 Å². The number of para-hydroxylation sites is 1. The molecule has 3 aromatic rings. The maximum absolute atomic E-state index is 11.1. The lowest BCUT2D eigenvalue weighted by Crippen LogP contribution is -2.50. The Hall–Kier alpha value is -2.82. The van der Waals surface area contributed by atoms with Crippen LogP contribution in [0.25, 0.3) is 0 Å². The minimum atomic E-state index is -0.967. The Morgan fingerprint density at radius 3 is 1.86 bits per heavy atom. The molecule has 0 bridgehead atoms. The van der Waals surface area contributed by atoms with E-state index in [1.54, 1.807) is 12.1 Å². The fourth-order valence-corrected chi connectivity index (χ4v) is 4.99. The Morgan fingerprint density at radius 2 is 1.28 bits per heavy atom. The van der Waals surface area contributed by atoms with E-state index in [0.29, 0.717) is 18.4 Å². The molecule has 0 amide bonds. The molecule has 3 aromatic carbocycles. The minimum Gasteiger partial charge on any atom is -0.504 e. The van der Waals surface area contributed by atoms with Gasteiger partial charge in [0.15, 0.2) is 11.5 Å². The highest BCUT2D eigenvalue weighted by molar-refractivity contribution is 5.59. The van der Waals surface area contributed by atoms with Gasteiger partial charge in [0.05, 0.1) is 17.6 Å². The second-order valence-electron chi connectivity index (χ2n) is 7.81. The predicted octanol–water partition coefficient (Wildman–Crippen LogP) is 3.95. The van der Waals surface area contributed by atoms with Crippen LogP contribution < -0.4 is 0 Å². The van der Waals surface area contributed by atoms with Crippen molar-refractivity contribution in [2.75, 3.05) is 0 Å². The molecule has 0 aliphatic heterocycles. The number of hydrogen-bond acceptors (Lipinski definition) is 4. The largest absolute Gasteiger partial charge is 0.504 e. The van der Waals surface area contributed by atoms with Gasteiger partial charge in [0, 0.05) is 11.5 Å². The van der Waals surface area contributed by atoms with Crippen LogP contribution in [0.3, 0.4) is 0 Å². The first kappa shape index (κ1) is 19.5. The smallest absolute Gasteiger partial charge is 0.161 e. The van der Waals surface area contributed by atoms with Crippen LogP contribution >= 0.6 is 0 Å². The molecular weight excluding hydrogens is 364 g/mol. The molecular formula is C25H26O4. The van der Waals surface area contributed by atoms with Crippen molar-refractivity contribution in [1.29, 1.82) is 0 Å². The summed E-state index contributed by atoms with van der Waals surface area (Å²) in [4.78, 5) is 0. The van der Waals surface area contributed by atoms with E-state index in [1.807, 2.05) is 60.7 Å². The Bertz CT molecular complexity index is 916. The highest BCUT2D eigenvalue weighted by Crippen LogP contribution is 2.53. The molecule has 0 radical (unpaired) electrons. The Morgan fingerprint density at radius 1 is 0.690 bits per heavy atom. The van der Waals surface area contributed by atoms with Gasteiger partial charge in [-0.3, -0.25) is 0 Å². The zero-order valence-corrected chi connectivity index (χ0v) is 16.1. The van der Waals surface area contributed by atoms with Gasteiger partial charge >= 0.3 is 0 Å². The lowest BCUT2D eigenvalue weighted by atomic mass is 9.57. The molecule has 4 nitrogen and oxygen atoms in total. The summed E-state index contributed by atoms with van der Waals surface area (Å²) in [6.45, 7) is 0. The van der Waals surface area contributed by atoms with E-state index in [0.717, 1.165) is 17.5 Å². The first-order valence-electron chi connectivity index (χ1n) is 10.1. The third kappa shape index (κ3) is 3.18. The van der Waals surface area contributed by atoms with E-state index < -0.39 is 17.6 Å². The second kappa shape index (κ2) is 7.90. The maximum atomic E-state index is 11.1. The van der Waals surface area contributed by atoms with Gasteiger partial charge in [-0.2, -0.15) is 0 Å². The van der Waals surface area contributed by atoms with Gasteiger partial charge in [-0.1, -0.05) is 79.2 Å². The molecule has 1 aliphatic rings. The third-order valence-corrected chi connectivity index (χ3v) is 6.28. The number of aliphatic hydroxyl groups is 2. The molecule has 0 aromatic heterocycles. The number of phenols is 2. The Labute approximate surface area is 170 Å². The number of rotatable bonds is 4. The highest BCUT2D eigenvalue weighted by Gasteiger charge is 2.50. The van der Waals surface area contributed by atoms with Gasteiger partial charge in [0.1, 0.15) is 0 Å². The monoisotopic (exact) mass is 390 g/mol. The second-order valence-corrected chi connectivity index (χ2v) is 7.81. The molecule has 4 heteroatoms. The predicted molar refractivity (Wildman–Crippen MR) is 112 cm³/mol. The van der Waals surface area contributed by atoms with Crippen LogP contribution in [0.2, 0.25) is 0 Å². The third-order valence-electron chi connectivity index (χ3n) is 6.28. The van der Waals surface area contributed by atoms with Crippen molar-refractivity contribution in [2.45, 2.75) is 36.9 Å². The molecule has 4 rings (SSSR count). The summed E-state index contributed by atoms with van der Waals surface area (Å²) in [7, 11) is 0. The van der Waals surface area contributed by atoms with E-state index in [1.165, 1.54) is 6.07 Å². The molecule has 29 heavy (non-hydrogen) atoms. The summed E-state index contributed by atoms with van der Waals surface area (Å²) in [6.07, 6.45) is 0.190. The van der Waals surface area contributed by atoms with Crippen LogP contribution in [0, 0.1) is 5.92 Å². The van der Waals surface area contributed by atoms with E-state index in [9.17, 15) is 20.4 Å². The number of phenolic OH excluding ortho intramolecular Hbond substituents is 2. The number of hydrogen-bond donors (Lipinski definition) is 4. The normalized spacial score (nSPS) is 22.3. The molecule has 0 saturated heterocycles. The van der Waals surface area contributed by atoms with Crippen molar-refractivity contribution < 1.29 is 20.4 Å². The Balaban J connectivity index is 2.10. The molecule has 0 spiro atoms. The van der Waals surface area contributed by atoms with Crippen LogP contribution in [0.4, 0.5) is 0 Å². The summed E-state index contributed by atoms with van der Waals surface area (Å²) >= 11 is 0. The van der Waals surface area contributed by atoms with Gasteiger partial charge in [-0.25, -0.2) is 0 Å². The molecule has 0 unspecified atom stereocenters. The first-order valence-corrected chi connectivity index (χ1v) is 10.1. The first-order chi connectivity index (χ1) is 14.1. The van der Waals surface area contributed by atoms with Crippen LogP contribution in [0.1, 0.15) is 36.0 Å². The van der Waals surface area contributed by atoms with Crippen LogP contribution in [0.15, 0.2) is 78.9 Å². The molecule has 1 aliphatic carbocycles. The van der Waals surface area contributed by atoms with E-state index in [4.69, 9.17) is 0 Å². The van der Waals surface area contributed by atoms with Crippen molar-refractivity contribution in [3.05, 3.63) is 95.6 Å². The van der Waals surface area contributed by atoms with E-state index in [2.05, 4.69) is 0 Å². The zero-order chi connectivity index (χ0) is 20.4. The van der Waals surface area contributed by atoms with E-state index >= 15 is 0 Å². The van der Waals surface area contributed by atoms with Crippen molar-refractivity contribution >= 4 is 0 Å². The molecule has 0 heterocycles. The fraction of sp³-hybridized carbons (Fsp3) is 0.280. The maximum Gasteiger partial charge on any atom is 0.161 e. The van der Waals surface area contributed by atoms with Crippen molar-refractivity contribution in [1.82, 2.24) is 0 Å². The lowest BCUT2D eigenvalue weighted by molar-refractivity contribution is -0.0586. The quantitative estimate of drug-likeness (QED) is 0.402. The van der Waals surface area contributed by atoms with Gasteiger partial charge in [-0.05, 0) is 30.0 Å². The number of aromatic hydroxyl groups is 2. The average Bonchev–Trinajstić information content (AvgIpc) is 2.76. The lowest BCUT2D eigenvalue weighted by Gasteiger charge is -2.47. The van der Waals surface area contributed by atoms with Crippen LogP contribution in [-0.2, 0) is 5.41 Å². The van der Waals surface area contributed by atoms with Crippen LogP contribution in [-0.4, -0.2) is 32.6 Å². The van der Waals surface area contributed by atoms with Crippen molar-refractivity contribution in [3.8, 4) is 11.5 Å². The van der Waals surface area contributed by atoms with Crippen molar-refractivity contribution in [3.63, 3.8) is 0 Å². The van der Waals surface area contributed by atoms with Gasteiger partial charge in [-0.15, -0.1) is 0 Å². The highest BCUT2D eigenvalue weighted by atomic mass is 16.3. The summed E-state index contributed by atoms with van der Waals surface area (Å²) in [6, 6.07) is 24.4. The van der Waals surface area contributed by atoms with Crippen LogP contribution in [0.5, 0.6) is 11.5 Å². The van der Waals surface area contributed by atoms with Crippen molar-refractivity contribution in [2.24, 2.45) is 5.92 Å². The standard InChI is InChI=1S/C25H26O4/c26-21-15-7-13-19(23(21)28)25(17-9-3-1-4-10-17,18-11-5-2-6-12-18)20-14-8-16-22(27)24(20)29/h1-7,9-13,15,20,22,24,26-29H,8,14,16H2/t20-,22+,24-/m0/s1. The molecule has 4 N–H and O–H groups in total. The zero-order valence-electron chi connectivity index (χ0n) is 16.1. The molecule has 3 atom stereocenters. The number of aliphatic hydroxyl groups excluding tert-OH is 2. The van der Waals surface area contributed by atoms with Gasteiger partial charge in [0.25, 0.3) is 0 Å². The molecule has 1 fully saturated rings. The molecule has 1 saturated carbocycles. The van der Waals surface area contributed by atoms with Gasteiger partial charge < -0.3 is 20.4 Å². The fourth-order valence-electron chi connectivity index (χ4n) is 4.99. The summed E-state index contributed by atoms with van der Waals surface area (Å²) in [5, 5.41) is 42.9. The van der Waals surface area contributed by atoms with E-state index in [-0.39, 0.29) is 17.4 Å². The summed E-state index contributed by atoms with van der Waals surface area (Å²) < 4.78 is 0. The number of benzene rings is 3. The topological polar surface area (TPSA) is 80.9 Å². The Kier molecular flexibility index (Phi) is 5.31. The summed E-state index contributed by atoms with van der Waals surface area (Å²) in [5.41, 5.74) is 1.37. The summed E-state index contributed by atoms with van der Waals surface area (Å²) in [5.74, 6) is -0.791. The average molecular weight is 390 g/mol.